The summed E-state index contributed by atoms with van der Waals surface area (Å²) in [4.78, 5) is 0. The molecule has 1 N–H and O–H groups in total. The molecule has 0 aromatic carbocycles. The highest BCUT2D eigenvalue weighted by molar-refractivity contribution is 4.81. The van der Waals surface area contributed by atoms with E-state index in [0.29, 0.717) is 0 Å². The van der Waals surface area contributed by atoms with Gasteiger partial charge in [-0.3, -0.25) is 0 Å². The van der Waals surface area contributed by atoms with Gasteiger partial charge in [0.25, 0.3) is 0 Å². The summed E-state index contributed by atoms with van der Waals surface area (Å²) in [5.74, 6) is 0. The lowest BCUT2D eigenvalue weighted by molar-refractivity contribution is 0.161. The van der Waals surface area contributed by atoms with E-state index in [-0.39, 0.29) is 6.10 Å². The van der Waals surface area contributed by atoms with Crippen LogP contribution in [0.4, 0.5) is 0 Å². The minimum Gasteiger partial charge on any atom is -0.393 e. The van der Waals surface area contributed by atoms with E-state index in [9.17, 15) is 5.11 Å². The fourth-order valence-corrected chi connectivity index (χ4v) is 0.895. The van der Waals surface area contributed by atoms with E-state index in [1.807, 2.05) is 6.92 Å². The fraction of sp³-hybridized carbons (Fsp3) is 0.800. The Morgan fingerprint density at radius 3 is 2.36 bits per heavy atom. The summed E-state index contributed by atoms with van der Waals surface area (Å²) in [6.45, 7) is 4.19. The zero-order chi connectivity index (χ0) is 8.53. The molecule has 66 valence electrons. The molecule has 11 heavy (non-hydrogen) atoms. The smallest absolute Gasteiger partial charge is 0.0540 e. The van der Waals surface area contributed by atoms with Gasteiger partial charge in [0.2, 0.25) is 0 Å². The van der Waals surface area contributed by atoms with E-state index < -0.39 is 0 Å². The Balaban J connectivity index is 3.12. The standard InChI is InChI=1S/C10H20O/c1-3-5-6-7-8-9-10(11)4-2/h6-7,10-11H,3-5,8-9H2,1-2H3. The maximum absolute atomic E-state index is 9.18. The summed E-state index contributed by atoms with van der Waals surface area (Å²) in [6.07, 6.45) is 9.47. The van der Waals surface area contributed by atoms with Crippen LogP contribution < -0.4 is 0 Å². The summed E-state index contributed by atoms with van der Waals surface area (Å²) >= 11 is 0. The number of unbranched alkanes of at least 4 members (excludes halogenated alkanes) is 1. The molecule has 0 radical (unpaired) electrons. The van der Waals surface area contributed by atoms with Gasteiger partial charge in [-0.05, 0) is 25.7 Å². The summed E-state index contributed by atoms with van der Waals surface area (Å²) in [7, 11) is 0. The van der Waals surface area contributed by atoms with Crippen molar-refractivity contribution in [3.8, 4) is 0 Å². The SMILES string of the molecule is CCCC=CCCC(O)CC. The molecule has 0 heterocycles. The third kappa shape index (κ3) is 7.60. The Bertz CT molecular complexity index is 97.0. The van der Waals surface area contributed by atoms with E-state index >= 15 is 0 Å². The molecule has 1 heteroatoms. The highest BCUT2D eigenvalue weighted by Crippen LogP contribution is 2.02. The number of allylic oxidation sites excluding steroid dienone is 2. The lowest BCUT2D eigenvalue weighted by atomic mass is 10.1. The molecule has 0 aromatic heterocycles. The number of aliphatic hydroxyl groups is 1. The zero-order valence-electron chi connectivity index (χ0n) is 7.71. The normalized spacial score (nSPS) is 14.1. The molecule has 0 bridgehead atoms. The van der Waals surface area contributed by atoms with Crippen molar-refractivity contribution in [2.24, 2.45) is 0 Å². The number of hydrogen-bond donors (Lipinski definition) is 1. The molecule has 0 aliphatic rings. The van der Waals surface area contributed by atoms with Crippen LogP contribution in [0.2, 0.25) is 0 Å². The molecular formula is C10H20O. The summed E-state index contributed by atoms with van der Waals surface area (Å²) in [5.41, 5.74) is 0. The fourth-order valence-electron chi connectivity index (χ4n) is 0.895. The first-order valence-corrected chi connectivity index (χ1v) is 4.64. The molecule has 1 unspecified atom stereocenters. The molecule has 0 amide bonds. The largest absolute Gasteiger partial charge is 0.393 e. The molecule has 0 aliphatic carbocycles. The molecule has 1 atom stereocenters. The molecular weight excluding hydrogens is 136 g/mol. The Morgan fingerprint density at radius 2 is 1.82 bits per heavy atom. The van der Waals surface area contributed by atoms with E-state index in [0.717, 1.165) is 19.3 Å². The Labute approximate surface area is 70.1 Å². The van der Waals surface area contributed by atoms with Crippen LogP contribution in [0.5, 0.6) is 0 Å². The van der Waals surface area contributed by atoms with E-state index in [1.54, 1.807) is 0 Å². The predicted molar refractivity (Wildman–Crippen MR) is 49.6 cm³/mol. The first-order chi connectivity index (χ1) is 5.31. The quantitative estimate of drug-likeness (QED) is 0.586. The van der Waals surface area contributed by atoms with Crippen molar-refractivity contribution in [1.82, 2.24) is 0 Å². The highest BCUT2D eigenvalue weighted by Gasteiger charge is 1.96. The van der Waals surface area contributed by atoms with Crippen molar-refractivity contribution in [3.63, 3.8) is 0 Å². The minimum absolute atomic E-state index is 0.0960. The van der Waals surface area contributed by atoms with Gasteiger partial charge in [-0.25, -0.2) is 0 Å². The van der Waals surface area contributed by atoms with Crippen molar-refractivity contribution < 1.29 is 5.11 Å². The third-order valence-electron chi connectivity index (χ3n) is 1.76. The van der Waals surface area contributed by atoms with Crippen LogP contribution in [0.3, 0.4) is 0 Å². The van der Waals surface area contributed by atoms with Crippen LogP contribution in [-0.4, -0.2) is 11.2 Å². The molecule has 0 rings (SSSR count). The Hall–Kier alpha value is -0.300. The molecule has 0 aliphatic heterocycles. The second kappa shape index (κ2) is 7.80. The van der Waals surface area contributed by atoms with Crippen LogP contribution in [-0.2, 0) is 0 Å². The van der Waals surface area contributed by atoms with Crippen molar-refractivity contribution >= 4 is 0 Å². The van der Waals surface area contributed by atoms with Crippen molar-refractivity contribution in [3.05, 3.63) is 12.2 Å². The van der Waals surface area contributed by atoms with Crippen molar-refractivity contribution in [2.45, 2.75) is 52.1 Å². The Morgan fingerprint density at radius 1 is 1.18 bits per heavy atom. The van der Waals surface area contributed by atoms with E-state index in [2.05, 4.69) is 19.1 Å². The van der Waals surface area contributed by atoms with Gasteiger partial charge in [0, 0.05) is 0 Å². The van der Waals surface area contributed by atoms with Crippen LogP contribution in [0.15, 0.2) is 12.2 Å². The molecule has 0 aromatic rings. The van der Waals surface area contributed by atoms with Crippen molar-refractivity contribution in [2.75, 3.05) is 0 Å². The second-order valence-electron chi connectivity index (χ2n) is 2.90. The molecule has 0 spiro atoms. The number of hydrogen-bond acceptors (Lipinski definition) is 1. The average Bonchev–Trinajstić information content (AvgIpc) is 2.04. The molecule has 0 fully saturated rings. The zero-order valence-corrected chi connectivity index (χ0v) is 7.71. The monoisotopic (exact) mass is 156 g/mol. The van der Waals surface area contributed by atoms with Gasteiger partial charge in [0.1, 0.15) is 0 Å². The maximum Gasteiger partial charge on any atom is 0.0540 e. The van der Waals surface area contributed by atoms with Crippen LogP contribution in [0, 0.1) is 0 Å². The average molecular weight is 156 g/mol. The van der Waals surface area contributed by atoms with Gasteiger partial charge in [-0.15, -0.1) is 0 Å². The minimum atomic E-state index is -0.0960. The first kappa shape index (κ1) is 10.7. The number of rotatable bonds is 6. The highest BCUT2D eigenvalue weighted by atomic mass is 16.3. The van der Waals surface area contributed by atoms with E-state index in [1.165, 1.54) is 12.8 Å². The topological polar surface area (TPSA) is 20.2 Å². The third-order valence-corrected chi connectivity index (χ3v) is 1.76. The summed E-state index contributed by atoms with van der Waals surface area (Å²) in [5, 5.41) is 9.18. The van der Waals surface area contributed by atoms with Gasteiger partial charge in [-0.2, -0.15) is 0 Å². The lowest BCUT2D eigenvalue weighted by Gasteiger charge is -2.03. The Kier molecular flexibility index (Phi) is 7.59. The van der Waals surface area contributed by atoms with Crippen LogP contribution >= 0.6 is 0 Å². The first-order valence-electron chi connectivity index (χ1n) is 4.64. The van der Waals surface area contributed by atoms with Gasteiger partial charge >= 0.3 is 0 Å². The second-order valence-corrected chi connectivity index (χ2v) is 2.90. The predicted octanol–water partition coefficient (Wildman–Crippen LogP) is 2.89. The van der Waals surface area contributed by atoms with Gasteiger partial charge in [0.05, 0.1) is 6.10 Å². The van der Waals surface area contributed by atoms with Crippen molar-refractivity contribution in [1.29, 1.82) is 0 Å². The van der Waals surface area contributed by atoms with Crippen LogP contribution in [0.25, 0.3) is 0 Å². The summed E-state index contributed by atoms with van der Waals surface area (Å²) < 4.78 is 0. The van der Waals surface area contributed by atoms with Crippen LogP contribution in [0.1, 0.15) is 46.0 Å². The van der Waals surface area contributed by atoms with Gasteiger partial charge in [-0.1, -0.05) is 32.4 Å². The van der Waals surface area contributed by atoms with E-state index in [4.69, 9.17) is 0 Å². The molecule has 1 nitrogen and oxygen atoms in total. The maximum atomic E-state index is 9.18. The summed E-state index contributed by atoms with van der Waals surface area (Å²) in [6, 6.07) is 0. The van der Waals surface area contributed by atoms with Gasteiger partial charge < -0.3 is 5.11 Å². The van der Waals surface area contributed by atoms with Gasteiger partial charge in [0.15, 0.2) is 0 Å². The number of aliphatic hydroxyl groups excluding tert-OH is 1. The molecule has 0 saturated heterocycles. The lowest BCUT2D eigenvalue weighted by Crippen LogP contribution is -2.02. The molecule has 0 saturated carbocycles.